The Balaban J connectivity index is 2.12. The highest BCUT2D eigenvalue weighted by Gasteiger charge is 2.17. The van der Waals surface area contributed by atoms with Crippen molar-refractivity contribution in [3.63, 3.8) is 0 Å². The average Bonchev–Trinajstić information content (AvgIpc) is 2.93. The molecule has 0 fully saturated rings. The number of carbonyl (C=O) groups is 1. The standard InChI is InChI=1S/C14H9BrOS2/c1-8-6-12(18-14(8)15)13(16)10-7-17-11-5-3-2-4-9(10)11/h2-7H,1H3. The number of benzene rings is 1. The van der Waals surface area contributed by atoms with Gasteiger partial charge in [0.2, 0.25) is 5.78 Å². The molecule has 2 heterocycles. The minimum absolute atomic E-state index is 0.117. The van der Waals surface area contributed by atoms with Gasteiger partial charge in [-0.3, -0.25) is 4.79 Å². The van der Waals surface area contributed by atoms with Crippen molar-refractivity contribution < 1.29 is 4.79 Å². The summed E-state index contributed by atoms with van der Waals surface area (Å²) in [4.78, 5) is 13.3. The summed E-state index contributed by atoms with van der Waals surface area (Å²) in [6.07, 6.45) is 0. The first-order chi connectivity index (χ1) is 8.66. The molecule has 4 heteroatoms. The third-order valence-corrected chi connectivity index (χ3v) is 5.91. The monoisotopic (exact) mass is 336 g/mol. The fraction of sp³-hybridized carbons (Fsp3) is 0.0714. The first-order valence-electron chi connectivity index (χ1n) is 5.43. The van der Waals surface area contributed by atoms with Crippen LogP contribution in [0.3, 0.4) is 0 Å². The van der Waals surface area contributed by atoms with E-state index in [1.165, 1.54) is 11.3 Å². The summed E-state index contributed by atoms with van der Waals surface area (Å²) in [6.45, 7) is 2.00. The third-order valence-electron chi connectivity index (χ3n) is 2.81. The summed E-state index contributed by atoms with van der Waals surface area (Å²) in [5.74, 6) is 0.117. The average molecular weight is 337 g/mol. The number of ketones is 1. The van der Waals surface area contributed by atoms with E-state index in [-0.39, 0.29) is 5.78 Å². The molecule has 0 aliphatic rings. The Kier molecular flexibility index (Phi) is 3.09. The van der Waals surface area contributed by atoms with E-state index >= 15 is 0 Å². The van der Waals surface area contributed by atoms with Crippen molar-refractivity contribution in [3.05, 3.63) is 55.5 Å². The maximum absolute atomic E-state index is 12.5. The van der Waals surface area contributed by atoms with Gasteiger partial charge in [0, 0.05) is 21.0 Å². The van der Waals surface area contributed by atoms with Crippen LogP contribution < -0.4 is 0 Å². The van der Waals surface area contributed by atoms with Crippen LogP contribution in [0.15, 0.2) is 39.5 Å². The van der Waals surface area contributed by atoms with Gasteiger partial charge in [0.25, 0.3) is 0 Å². The van der Waals surface area contributed by atoms with E-state index < -0.39 is 0 Å². The highest BCUT2D eigenvalue weighted by atomic mass is 79.9. The zero-order valence-corrected chi connectivity index (χ0v) is 12.8. The Labute approximate surface area is 121 Å². The molecule has 90 valence electrons. The first-order valence-corrected chi connectivity index (χ1v) is 7.92. The highest BCUT2D eigenvalue weighted by Crippen LogP contribution is 2.32. The highest BCUT2D eigenvalue weighted by molar-refractivity contribution is 9.11. The SMILES string of the molecule is Cc1cc(C(=O)c2csc3ccccc23)sc1Br. The van der Waals surface area contributed by atoms with Gasteiger partial charge in [0.1, 0.15) is 0 Å². The quantitative estimate of drug-likeness (QED) is 0.583. The smallest absolute Gasteiger partial charge is 0.204 e. The number of halogens is 1. The van der Waals surface area contributed by atoms with Crippen molar-refractivity contribution in [2.75, 3.05) is 0 Å². The van der Waals surface area contributed by atoms with Gasteiger partial charge in [0.15, 0.2) is 0 Å². The molecular formula is C14H9BrOS2. The molecule has 3 aromatic rings. The fourth-order valence-corrected chi connectivity index (χ4v) is 4.29. The lowest BCUT2D eigenvalue weighted by atomic mass is 10.1. The van der Waals surface area contributed by atoms with Gasteiger partial charge in [0.05, 0.1) is 8.66 Å². The van der Waals surface area contributed by atoms with Crippen LogP contribution in [0.1, 0.15) is 20.8 Å². The predicted molar refractivity (Wildman–Crippen MR) is 82.0 cm³/mol. The zero-order valence-electron chi connectivity index (χ0n) is 9.57. The van der Waals surface area contributed by atoms with Gasteiger partial charge in [-0.2, -0.15) is 0 Å². The van der Waals surface area contributed by atoms with Gasteiger partial charge in [-0.15, -0.1) is 22.7 Å². The second kappa shape index (κ2) is 4.61. The van der Waals surface area contributed by atoms with E-state index in [0.29, 0.717) is 0 Å². The van der Waals surface area contributed by atoms with Crippen LogP contribution in [0.4, 0.5) is 0 Å². The largest absolute Gasteiger partial charge is 0.288 e. The van der Waals surface area contributed by atoms with Crippen molar-refractivity contribution >= 4 is 54.5 Å². The normalized spacial score (nSPS) is 11.0. The Morgan fingerprint density at radius 3 is 2.78 bits per heavy atom. The minimum atomic E-state index is 0.117. The van der Waals surface area contributed by atoms with E-state index in [1.807, 2.05) is 42.6 Å². The van der Waals surface area contributed by atoms with Crippen molar-refractivity contribution in [2.24, 2.45) is 0 Å². The summed E-state index contributed by atoms with van der Waals surface area (Å²) in [5, 5.41) is 3.00. The molecule has 0 atom stereocenters. The molecule has 1 aromatic carbocycles. The molecule has 3 rings (SSSR count). The van der Waals surface area contributed by atoms with Crippen LogP contribution in [0.25, 0.3) is 10.1 Å². The molecule has 0 aliphatic heterocycles. The lowest BCUT2D eigenvalue weighted by Crippen LogP contribution is -1.96. The molecule has 0 N–H and O–H groups in total. The number of aryl methyl sites for hydroxylation is 1. The molecule has 2 aromatic heterocycles. The lowest BCUT2D eigenvalue weighted by molar-refractivity contribution is 0.104. The number of thiophene rings is 2. The van der Waals surface area contributed by atoms with Crippen LogP contribution >= 0.6 is 38.6 Å². The summed E-state index contributed by atoms with van der Waals surface area (Å²) in [7, 11) is 0. The van der Waals surface area contributed by atoms with E-state index in [1.54, 1.807) is 11.3 Å². The summed E-state index contributed by atoms with van der Waals surface area (Å²) >= 11 is 6.59. The predicted octanol–water partition coefficient (Wildman–Crippen LogP) is 5.26. The van der Waals surface area contributed by atoms with E-state index in [9.17, 15) is 4.79 Å². The van der Waals surface area contributed by atoms with E-state index in [2.05, 4.69) is 15.9 Å². The molecule has 0 radical (unpaired) electrons. The lowest BCUT2D eigenvalue weighted by Gasteiger charge is -1.95. The molecule has 0 bridgehead atoms. The van der Waals surface area contributed by atoms with Crippen LogP contribution in [-0.4, -0.2) is 5.78 Å². The Bertz CT molecular complexity index is 720. The molecule has 0 aliphatic carbocycles. The molecule has 18 heavy (non-hydrogen) atoms. The van der Waals surface area contributed by atoms with Crippen LogP contribution in [0.2, 0.25) is 0 Å². The summed E-state index contributed by atoms with van der Waals surface area (Å²) in [5.41, 5.74) is 1.92. The second-order valence-corrected chi connectivity index (χ2v) is 7.32. The number of hydrogen-bond acceptors (Lipinski definition) is 3. The van der Waals surface area contributed by atoms with Gasteiger partial charge in [-0.25, -0.2) is 0 Å². The van der Waals surface area contributed by atoms with Crippen LogP contribution in [0.5, 0.6) is 0 Å². The Morgan fingerprint density at radius 1 is 1.28 bits per heavy atom. The fourth-order valence-electron chi connectivity index (χ4n) is 1.86. The topological polar surface area (TPSA) is 17.1 Å². The van der Waals surface area contributed by atoms with E-state index in [4.69, 9.17) is 0 Å². The Hall–Kier alpha value is -0.970. The van der Waals surface area contributed by atoms with Crippen LogP contribution in [-0.2, 0) is 0 Å². The van der Waals surface area contributed by atoms with Gasteiger partial charge in [-0.1, -0.05) is 18.2 Å². The van der Waals surface area contributed by atoms with E-state index in [0.717, 1.165) is 29.9 Å². The van der Waals surface area contributed by atoms with Crippen molar-refractivity contribution in [3.8, 4) is 0 Å². The summed E-state index contributed by atoms with van der Waals surface area (Å²) < 4.78 is 2.19. The first kappa shape index (κ1) is 12.1. The molecule has 0 saturated carbocycles. The van der Waals surface area contributed by atoms with Gasteiger partial charge in [-0.05, 0) is 40.5 Å². The maximum Gasteiger partial charge on any atom is 0.204 e. The maximum atomic E-state index is 12.5. The number of rotatable bonds is 2. The second-order valence-electron chi connectivity index (χ2n) is 4.04. The summed E-state index contributed by atoms with van der Waals surface area (Å²) in [6, 6.07) is 9.98. The Morgan fingerprint density at radius 2 is 2.06 bits per heavy atom. The molecule has 0 saturated heterocycles. The number of hydrogen-bond donors (Lipinski definition) is 0. The molecular weight excluding hydrogens is 328 g/mol. The molecule has 0 unspecified atom stereocenters. The van der Waals surface area contributed by atoms with Crippen molar-refractivity contribution in [1.82, 2.24) is 0 Å². The minimum Gasteiger partial charge on any atom is -0.288 e. The number of carbonyl (C=O) groups excluding carboxylic acids is 1. The van der Waals surface area contributed by atoms with Gasteiger partial charge < -0.3 is 0 Å². The molecule has 1 nitrogen and oxygen atoms in total. The molecule has 0 spiro atoms. The van der Waals surface area contributed by atoms with Crippen LogP contribution in [0, 0.1) is 6.92 Å². The zero-order chi connectivity index (χ0) is 12.7. The number of fused-ring (bicyclic) bond motifs is 1. The van der Waals surface area contributed by atoms with Crippen molar-refractivity contribution in [1.29, 1.82) is 0 Å². The van der Waals surface area contributed by atoms with Gasteiger partial charge >= 0.3 is 0 Å². The third kappa shape index (κ3) is 1.94. The molecule has 0 amide bonds. The van der Waals surface area contributed by atoms with Crippen molar-refractivity contribution in [2.45, 2.75) is 6.92 Å².